The summed E-state index contributed by atoms with van der Waals surface area (Å²) in [5.41, 5.74) is 0.122. The van der Waals surface area contributed by atoms with E-state index in [0.717, 1.165) is 12.5 Å². The smallest absolute Gasteiger partial charge is 0.272 e. The lowest BCUT2D eigenvalue weighted by Crippen LogP contribution is -2.44. The summed E-state index contributed by atoms with van der Waals surface area (Å²) in [6, 6.07) is 3.70. The van der Waals surface area contributed by atoms with Gasteiger partial charge in [-0.3, -0.25) is 14.9 Å². The van der Waals surface area contributed by atoms with E-state index in [1.165, 1.54) is 12.1 Å². The van der Waals surface area contributed by atoms with Crippen LogP contribution in [0, 0.1) is 10.1 Å². The average Bonchev–Trinajstić information content (AvgIpc) is 2.54. The number of anilines is 1. The highest BCUT2D eigenvalue weighted by molar-refractivity contribution is 7.89. The number of non-ortho nitro benzene ring substituents is 1. The third-order valence-corrected chi connectivity index (χ3v) is 5.01. The molecule has 1 aliphatic rings. The molecule has 0 radical (unpaired) electrons. The van der Waals surface area contributed by atoms with Gasteiger partial charge in [0.15, 0.2) is 0 Å². The second kappa shape index (κ2) is 7.79. The lowest BCUT2D eigenvalue weighted by Gasteiger charge is -2.34. The number of carbonyl (C=O) groups is 1. The number of carbonyl (C=O) groups excluding carboxylic acids is 1. The van der Waals surface area contributed by atoms with Crippen LogP contribution in [0.3, 0.4) is 0 Å². The van der Waals surface area contributed by atoms with Gasteiger partial charge in [-0.15, -0.1) is 0 Å². The Hall–Kier alpha value is -2.20. The van der Waals surface area contributed by atoms with E-state index in [2.05, 4.69) is 5.32 Å². The Morgan fingerprint density at radius 1 is 1.36 bits per heavy atom. The number of nitrogens with two attached hydrogens (primary N) is 1. The minimum absolute atomic E-state index is 0.0211. The van der Waals surface area contributed by atoms with Crippen molar-refractivity contribution in [3.8, 4) is 0 Å². The van der Waals surface area contributed by atoms with Gasteiger partial charge in [0.1, 0.15) is 0 Å². The maximum absolute atomic E-state index is 11.7. The highest BCUT2D eigenvalue weighted by Gasteiger charge is 2.24. The Labute approximate surface area is 146 Å². The van der Waals surface area contributed by atoms with Crippen LogP contribution >= 0.6 is 0 Å². The number of piperidine rings is 1. The maximum atomic E-state index is 11.7. The van der Waals surface area contributed by atoms with Crippen molar-refractivity contribution in [3.05, 3.63) is 28.3 Å². The van der Waals surface area contributed by atoms with Crippen LogP contribution in [0.2, 0.25) is 0 Å². The molecule has 0 unspecified atom stereocenters. The molecule has 1 aliphatic heterocycles. The molecule has 0 bridgehead atoms. The Kier molecular flexibility index (Phi) is 5.96. The van der Waals surface area contributed by atoms with Crippen molar-refractivity contribution >= 4 is 27.3 Å². The lowest BCUT2D eigenvalue weighted by molar-refractivity contribution is -0.385. The zero-order valence-electron chi connectivity index (χ0n) is 14.0. The zero-order chi connectivity index (χ0) is 18.6. The van der Waals surface area contributed by atoms with Gasteiger partial charge in [0.05, 0.1) is 9.82 Å². The molecule has 0 atom stereocenters. The standard InChI is InChI=1S/C15H22N4O5S/c1-2-3-15(20)17-11-4-6-18(7-5-11)12-8-13(19(21)22)10-14(9-12)25(16,23)24/h8-11H,2-7H2,1H3,(H,17,20)(H2,16,23,24). The molecule has 1 saturated heterocycles. The SMILES string of the molecule is CCCC(=O)NC1CCN(c2cc([N+](=O)[O-])cc(S(N)(=O)=O)c2)CC1. The Balaban J connectivity index is 2.13. The molecule has 0 aromatic heterocycles. The van der Waals surface area contributed by atoms with Crippen LogP contribution < -0.4 is 15.4 Å². The van der Waals surface area contributed by atoms with E-state index in [9.17, 15) is 23.3 Å². The molecule has 9 nitrogen and oxygen atoms in total. The molecule has 0 aliphatic carbocycles. The van der Waals surface area contributed by atoms with Gasteiger partial charge in [0.2, 0.25) is 15.9 Å². The number of hydrogen-bond acceptors (Lipinski definition) is 6. The number of benzene rings is 1. The molecule has 1 heterocycles. The van der Waals surface area contributed by atoms with Gasteiger partial charge < -0.3 is 10.2 Å². The van der Waals surface area contributed by atoms with Crippen molar-refractivity contribution < 1.29 is 18.1 Å². The van der Waals surface area contributed by atoms with Crippen molar-refractivity contribution in [2.75, 3.05) is 18.0 Å². The van der Waals surface area contributed by atoms with E-state index in [1.54, 1.807) is 0 Å². The van der Waals surface area contributed by atoms with E-state index in [4.69, 9.17) is 5.14 Å². The van der Waals surface area contributed by atoms with Gasteiger partial charge in [0, 0.05) is 43.4 Å². The van der Waals surface area contributed by atoms with Crippen LogP contribution in [0.4, 0.5) is 11.4 Å². The summed E-state index contributed by atoms with van der Waals surface area (Å²) in [4.78, 5) is 23.7. The highest BCUT2D eigenvalue weighted by Crippen LogP contribution is 2.28. The van der Waals surface area contributed by atoms with Crippen LogP contribution in [-0.4, -0.2) is 38.4 Å². The van der Waals surface area contributed by atoms with Crippen molar-refractivity contribution in [1.82, 2.24) is 5.32 Å². The molecular weight excluding hydrogens is 348 g/mol. The van der Waals surface area contributed by atoms with E-state index in [1.807, 2.05) is 11.8 Å². The van der Waals surface area contributed by atoms with E-state index in [0.29, 0.717) is 38.0 Å². The Morgan fingerprint density at radius 3 is 2.52 bits per heavy atom. The maximum Gasteiger partial charge on any atom is 0.272 e. The van der Waals surface area contributed by atoms with Gasteiger partial charge in [-0.05, 0) is 25.3 Å². The summed E-state index contributed by atoms with van der Waals surface area (Å²) < 4.78 is 23.1. The van der Waals surface area contributed by atoms with Crippen molar-refractivity contribution in [1.29, 1.82) is 0 Å². The molecule has 1 aromatic carbocycles. The van der Waals surface area contributed by atoms with Gasteiger partial charge in [0.25, 0.3) is 5.69 Å². The van der Waals surface area contributed by atoms with Crippen LogP contribution in [0.15, 0.2) is 23.1 Å². The first-order valence-corrected chi connectivity index (χ1v) is 9.62. The molecule has 1 fully saturated rings. The Bertz CT molecular complexity index is 757. The number of amides is 1. The molecule has 0 saturated carbocycles. The molecule has 1 aromatic rings. The Morgan fingerprint density at radius 2 is 2.00 bits per heavy atom. The van der Waals surface area contributed by atoms with Crippen molar-refractivity contribution in [2.45, 2.75) is 43.5 Å². The third-order valence-electron chi connectivity index (χ3n) is 4.12. The lowest BCUT2D eigenvalue weighted by atomic mass is 10.0. The third kappa shape index (κ3) is 5.13. The largest absolute Gasteiger partial charge is 0.371 e. The topological polar surface area (TPSA) is 136 Å². The number of sulfonamides is 1. The molecule has 3 N–H and O–H groups in total. The molecule has 10 heteroatoms. The second-order valence-electron chi connectivity index (χ2n) is 6.07. The van der Waals surface area contributed by atoms with E-state index >= 15 is 0 Å². The summed E-state index contributed by atoms with van der Waals surface area (Å²) in [7, 11) is -4.04. The summed E-state index contributed by atoms with van der Waals surface area (Å²) in [6.07, 6.45) is 2.64. The quantitative estimate of drug-likeness (QED) is 0.569. The van der Waals surface area contributed by atoms with Crippen molar-refractivity contribution in [3.63, 3.8) is 0 Å². The fourth-order valence-electron chi connectivity index (χ4n) is 2.83. The zero-order valence-corrected chi connectivity index (χ0v) is 14.8. The number of primary sulfonamides is 1. The molecular formula is C15H22N4O5S. The van der Waals surface area contributed by atoms with Gasteiger partial charge >= 0.3 is 0 Å². The number of nitro benzene ring substituents is 1. The van der Waals surface area contributed by atoms with E-state index in [-0.39, 0.29) is 22.5 Å². The fourth-order valence-corrected chi connectivity index (χ4v) is 3.40. The minimum Gasteiger partial charge on any atom is -0.371 e. The predicted octanol–water partition coefficient (Wildman–Crippen LogP) is 1.13. The number of nitrogens with one attached hydrogen (secondary N) is 1. The first kappa shape index (κ1) is 19.1. The monoisotopic (exact) mass is 370 g/mol. The minimum atomic E-state index is -4.04. The highest BCUT2D eigenvalue weighted by atomic mass is 32.2. The van der Waals surface area contributed by atoms with Crippen LogP contribution in [0.1, 0.15) is 32.6 Å². The molecule has 1 amide bonds. The van der Waals surface area contributed by atoms with Crippen LogP contribution in [0.25, 0.3) is 0 Å². The van der Waals surface area contributed by atoms with Gasteiger partial charge in [-0.25, -0.2) is 13.6 Å². The number of hydrogen-bond donors (Lipinski definition) is 2. The fraction of sp³-hybridized carbons (Fsp3) is 0.533. The first-order chi connectivity index (χ1) is 11.7. The summed E-state index contributed by atoms with van der Waals surface area (Å²) in [5, 5.41) is 19.1. The number of nitro groups is 1. The number of rotatable bonds is 6. The molecule has 138 valence electrons. The second-order valence-corrected chi connectivity index (χ2v) is 7.63. The first-order valence-electron chi connectivity index (χ1n) is 8.07. The van der Waals surface area contributed by atoms with Gasteiger partial charge in [-0.1, -0.05) is 6.92 Å². The van der Waals surface area contributed by atoms with Crippen molar-refractivity contribution in [2.24, 2.45) is 5.14 Å². The van der Waals surface area contributed by atoms with Crippen LogP contribution in [-0.2, 0) is 14.8 Å². The summed E-state index contributed by atoms with van der Waals surface area (Å²) >= 11 is 0. The molecule has 0 spiro atoms. The predicted molar refractivity (Wildman–Crippen MR) is 92.8 cm³/mol. The summed E-state index contributed by atoms with van der Waals surface area (Å²) in [5.74, 6) is 0.0211. The normalized spacial score (nSPS) is 15.8. The number of nitrogens with zero attached hydrogens (tertiary/aromatic N) is 2. The molecule has 25 heavy (non-hydrogen) atoms. The van der Waals surface area contributed by atoms with Crippen LogP contribution in [0.5, 0.6) is 0 Å². The molecule has 2 rings (SSSR count). The van der Waals surface area contributed by atoms with E-state index < -0.39 is 14.9 Å². The summed E-state index contributed by atoms with van der Waals surface area (Å²) in [6.45, 7) is 3.05. The van der Waals surface area contributed by atoms with Gasteiger partial charge in [-0.2, -0.15) is 0 Å². The average molecular weight is 370 g/mol.